The highest BCUT2D eigenvalue weighted by atomic mass is 31.2. The van der Waals surface area contributed by atoms with Crippen LogP contribution in [0.3, 0.4) is 0 Å². The van der Waals surface area contributed by atoms with Gasteiger partial charge in [0.1, 0.15) is 0 Å². The highest BCUT2D eigenvalue weighted by molar-refractivity contribution is 7.45. The van der Waals surface area contributed by atoms with Gasteiger partial charge in [0.2, 0.25) is 0 Å². The number of rotatable bonds is 5. The summed E-state index contributed by atoms with van der Waals surface area (Å²) in [4.78, 5) is 50.4. The Morgan fingerprint density at radius 1 is 0.789 bits per heavy atom. The van der Waals surface area contributed by atoms with Crippen LogP contribution in [0.15, 0.2) is 0 Å². The second-order valence-corrected chi connectivity index (χ2v) is 3.97. The molecule has 0 heterocycles. The van der Waals surface area contributed by atoms with Crippen LogP contribution >= 0.6 is 7.82 Å². The van der Waals surface area contributed by atoms with Crippen molar-refractivity contribution in [2.75, 3.05) is 0 Å². The molecule has 0 aliphatic heterocycles. The van der Waals surface area contributed by atoms with Gasteiger partial charge < -0.3 is 30.0 Å². The third-order valence-electron chi connectivity index (χ3n) is 1.02. The van der Waals surface area contributed by atoms with E-state index >= 15 is 0 Å². The van der Waals surface area contributed by atoms with Crippen molar-refractivity contribution in [1.82, 2.24) is 0 Å². The molecule has 0 fully saturated rings. The van der Waals surface area contributed by atoms with Crippen LogP contribution < -0.4 is 0 Å². The second-order valence-electron chi connectivity index (χ2n) is 2.94. The van der Waals surface area contributed by atoms with E-state index in [0.29, 0.717) is 6.42 Å². The molecule has 0 amide bonds. The fourth-order valence-electron chi connectivity index (χ4n) is 0.428. The molecule has 0 saturated carbocycles. The van der Waals surface area contributed by atoms with Crippen LogP contribution in [-0.4, -0.2) is 47.9 Å². The molecular formula is C8H17O10P. The molecule has 0 aromatic rings. The molecule has 0 rings (SSSR count). The van der Waals surface area contributed by atoms with Crippen LogP contribution in [0.25, 0.3) is 0 Å². The van der Waals surface area contributed by atoms with Crippen molar-refractivity contribution in [3.63, 3.8) is 0 Å². The number of carboxylic acid groups (broad SMARTS) is 3. The Labute approximate surface area is 108 Å². The lowest BCUT2D eigenvalue weighted by molar-refractivity contribution is -0.143. The van der Waals surface area contributed by atoms with Crippen LogP contribution in [0.4, 0.5) is 0 Å². The number of carbonyl (C=O) groups is 3. The fraction of sp³-hybridized carbons (Fsp3) is 0.625. The normalized spacial score (nSPS) is 9.26. The van der Waals surface area contributed by atoms with Crippen LogP contribution in [0, 0.1) is 0 Å². The zero-order chi connectivity index (χ0) is 16.1. The SMILES string of the molecule is CCCC(=O)O.O=C(O)CCC(=O)O.O=P(O)(O)O. The minimum atomic E-state index is -4.64. The first-order chi connectivity index (χ1) is 8.40. The van der Waals surface area contributed by atoms with E-state index in [9.17, 15) is 14.4 Å². The molecule has 0 aliphatic carbocycles. The molecule has 10 nitrogen and oxygen atoms in total. The van der Waals surface area contributed by atoms with Crippen molar-refractivity contribution in [3.8, 4) is 0 Å². The molecule has 0 aromatic carbocycles. The minimum absolute atomic E-state index is 0.292. The van der Waals surface area contributed by atoms with Crippen LogP contribution in [0.1, 0.15) is 32.6 Å². The average Bonchev–Trinajstić information content (AvgIpc) is 2.12. The predicted octanol–water partition coefficient (Wildman–Crippen LogP) is -0.122. The van der Waals surface area contributed by atoms with Gasteiger partial charge in [-0.1, -0.05) is 6.92 Å². The van der Waals surface area contributed by atoms with Gasteiger partial charge in [-0.25, -0.2) is 4.57 Å². The maximum atomic E-state index is 9.64. The predicted molar refractivity (Wildman–Crippen MR) is 61.3 cm³/mol. The summed E-state index contributed by atoms with van der Waals surface area (Å²) in [6.07, 6.45) is 0.431. The van der Waals surface area contributed by atoms with E-state index in [4.69, 9.17) is 34.6 Å². The van der Waals surface area contributed by atoms with E-state index in [1.807, 2.05) is 6.92 Å². The Morgan fingerprint density at radius 2 is 1.00 bits per heavy atom. The topological polar surface area (TPSA) is 190 Å². The summed E-state index contributed by atoms with van der Waals surface area (Å²) in [7, 11) is -4.64. The third-order valence-corrected chi connectivity index (χ3v) is 1.02. The van der Waals surface area contributed by atoms with Crippen LogP contribution in [0.2, 0.25) is 0 Å². The Morgan fingerprint density at radius 3 is 1.05 bits per heavy atom. The smallest absolute Gasteiger partial charge is 0.466 e. The minimum Gasteiger partial charge on any atom is -0.481 e. The summed E-state index contributed by atoms with van der Waals surface area (Å²) in [6, 6.07) is 0. The summed E-state index contributed by atoms with van der Waals surface area (Å²) in [5.41, 5.74) is 0. The first-order valence-corrected chi connectivity index (χ1v) is 6.40. The second kappa shape index (κ2) is 13.0. The lowest BCUT2D eigenvalue weighted by Crippen LogP contribution is -2.00. The molecule has 0 radical (unpaired) electrons. The van der Waals surface area contributed by atoms with Gasteiger partial charge in [0, 0.05) is 6.42 Å². The van der Waals surface area contributed by atoms with Gasteiger partial charge in [0.25, 0.3) is 0 Å². The van der Waals surface area contributed by atoms with E-state index < -0.39 is 25.7 Å². The molecule has 0 aromatic heterocycles. The van der Waals surface area contributed by atoms with E-state index in [-0.39, 0.29) is 12.8 Å². The zero-order valence-electron chi connectivity index (χ0n) is 10.1. The molecule has 0 bridgehead atoms. The molecule has 114 valence electrons. The maximum absolute atomic E-state index is 9.64. The van der Waals surface area contributed by atoms with E-state index in [1.165, 1.54) is 0 Å². The van der Waals surface area contributed by atoms with E-state index in [1.54, 1.807) is 0 Å². The summed E-state index contributed by atoms with van der Waals surface area (Å²) in [5, 5.41) is 23.7. The summed E-state index contributed by atoms with van der Waals surface area (Å²) < 4.78 is 8.88. The van der Waals surface area contributed by atoms with Gasteiger partial charge in [-0.3, -0.25) is 14.4 Å². The van der Waals surface area contributed by atoms with Crippen molar-refractivity contribution in [1.29, 1.82) is 0 Å². The summed E-state index contributed by atoms with van der Waals surface area (Å²) in [6.45, 7) is 1.84. The Balaban J connectivity index is -0.000000209. The van der Waals surface area contributed by atoms with E-state index in [2.05, 4.69) is 0 Å². The molecule has 19 heavy (non-hydrogen) atoms. The molecule has 0 unspecified atom stereocenters. The van der Waals surface area contributed by atoms with Crippen LogP contribution in [-0.2, 0) is 18.9 Å². The van der Waals surface area contributed by atoms with E-state index in [0.717, 1.165) is 6.42 Å². The molecule has 0 aliphatic rings. The van der Waals surface area contributed by atoms with Gasteiger partial charge in [0.05, 0.1) is 12.8 Å². The molecule has 0 saturated heterocycles. The quantitative estimate of drug-likeness (QED) is 0.373. The average molecular weight is 304 g/mol. The standard InChI is InChI=1S/C4H6O4.C4H8O2.H3O4P/c5-3(6)1-2-4(7)8;1-2-3-4(5)6;1-5(2,3)4/h1-2H2,(H,5,6)(H,7,8);2-3H2,1H3,(H,5,6);(H3,1,2,3,4). The lowest BCUT2D eigenvalue weighted by atomic mass is 10.3. The lowest BCUT2D eigenvalue weighted by Gasteiger charge is -1.85. The van der Waals surface area contributed by atoms with Gasteiger partial charge in [-0.15, -0.1) is 0 Å². The molecule has 6 N–H and O–H groups in total. The summed E-state index contributed by atoms with van der Waals surface area (Å²) >= 11 is 0. The highest BCUT2D eigenvalue weighted by Crippen LogP contribution is 2.25. The van der Waals surface area contributed by atoms with Crippen molar-refractivity contribution < 1.29 is 48.9 Å². The highest BCUT2D eigenvalue weighted by Gasteiger charge is 2.00. The van der Waals surface area contributed by atoms with Gasteiger partial charge in [-0.2, -0.15) is 0 Å². The number of carboxylic acids is 3. The molecular weight excluding hydrogens is 287 g/mol. The van der Waals surface area contributed by atoms with Gasteiger partial charge >= 0.3 is 25.7 Å². The number of phosphoric acid groups is 1. The van der Waals surface area contributed by atoms with Crippen molar-refractivity contribution in [3.05, 3.63) is 0 Å². The Bertz CT molecular complexity index is 297. The third kappa shape index (κ3) is 81.9. The van der Waals surface area contributed by atoms with Gasteiger partial charge in [-0.05, 0) is 6.42 Å². The Kier molecular flexibility index (Phi) is 15.5. The van der Waals surface area contributed by atoms with Crippen LogP contribution in [0.5, 0.6) is 0 Å². The molecule has 11 heteroatoms. The largest absolute Gasteiger partial charge is 0.481 e. The first-order valence-electron chi connectivity index (χ1n) is 4.83. The maximum Gasteiger partial charge on any atom is 0.466 e. The van der Waals surface area contributed by atoms with Crippen molar-refractivity contribution >= 4 is 25.7 Å². The van der Waals surface area contributed by atoms with Crippen molar-refractivity contribution in [2.24, 2.45) is 0 Å². The molecule has 0 atom stereocenters. The monoisotopic (exact) mass is 304 g/mol. The number of hydrogen-bond acceptors (Lipinski definition) is 4. The number of hydrogen-bond donors (Lipinski definition) is 6. The molecule has 0 spiro atoms. The fourth-order valence-corrected chi connectivity index (χ4v) is 0.428. The Hall–Kier alpha value is -1.48. The summed E-state index contributed by atoms with van der Waals surface area (Å²) in [5.74, 6) is -2.86. The number of aliphatic carboxylic acids is 3. The zero-order valence-corrected chi connectivity index (χ0v) is 11.0. The first kappa shape index (κ1) is 22.7. The van der Waals surface area contributed by atoms with Gasteiger partial charge in [0.15, 0.2) is 0 Å². The van der Waals surface area contributed by atoms with Crippen molar-refractivity contribution in [2.45, 2.75) is 32.6 Å².